The van der Waals surface area contributed by atoms with Crippen LogP contribution in [0.15, 0.2) is 180 Å². The molecule has 15 rings (SSSR count). The number of hydrogen-bond donors (Lipinski definition) is 0. The first-order valence-corrected chi connectivity index (χ1v) is 20.4. The van der Waals surface area contributed by atoms with E-state index < -0.39 is 0 Å². The molecule has 0 radical (unpaired) electrons. The number of aromatic nitrogens is 5. The van der Waals surface area contributed by atoms with E-state index in [1.54, 1.807) is 0 Å². The molecule has 0 N–H and O–H groups in total. The summed E-state index contributed by atoms with van der Waals surface area (Å²) in [5, 5.41) is 15.2. The zero-order valence-corrected chi connectivity index (χ0v) is 31.9. The minimum absolute atomic E-state index is 0.591. The third-order valence-electron chi connectivity index (χ3n) is 13.1. The molecule has 6 heterocycles. The fourth-order valence-corrected chi connectivity index (χ4v) is 10.7. The molecule has 0 saturated heterocycles. The second kappa shape index (κ2) is 10.8. The maximum atomic E-state index is 6.95. The van der Waals surface area contributed by atoms with Crippen molar-refractivity contribution in [1.29, 1.82) is 0 Å². The van der Waals surface area contributed by atoms with Gasteiger partial charge in [-0.3, -0.25) is 9.13 Å². The molecule has 6 nitrogen and oxygen atoms in total. The molecule has 6 heteroatoms. The molecule has 0 fully saturated rings. The second-order valence-corrected chi connectivity index (χ2v) is 16.1. The molecule has 0 atom stereocenters. The maximum absolute atomic E-state index is 6.95. The molecule has 0 saturated carbocycles. The van der Waals surface area contributed by atoms with E-state index in [9.17, 15) is 0 Å². The van der Waals surface area contributed by atoms with Gasteiger partial charge in [-0.15, -0.1) is 0 Å². The first kappa shape index (κ1) is 30.9. The summed E-state index contributed by atoms with van der Waals surface area (Å²) in [5.41, 5.74) is 10.1. The molecule has 0 aliphatic carbocycles. The predicted molar refractivity (Wildman–Crippen MR) is 248 cm³/mol. The van der Waals surface area contributed by atoms with E-state index in [0.29, 0.717) is 17.3 Å². The third-order valence-corrected chi connectivity index (χ3v) is 13.1. The summed E-state index contributed by atoms with van der Waals surface area (Å²) in [4.78, 5) is 11.2. The van der Waals surface area contributed by atoms with Crippen LogP contribution in [0.5, 0.6) is 0 Å². The number of benzene rings is 9. The summed E-state index contributed by atoms with van der Waals surface area (Å²) in [6, 6.07) is 63.2. The van der Waals surface area contributed by atoms with Crippen LogP contribution in [0.4, 0.5) is 0 Å². The Morgan fingerprint density at radius 1 is 0.367 bits per heavy atom. The smallest absolute Gasteiger partial charge is 0.237 e. The largest absolute Gasteiger partial charge is 0.450 e. The Bertz CT molecular complexity index is 4370. The van der Waals surface area contributed by atoms with Gasteiger partial charge < -0.3 is 8.82 Å². The molecule has 276 valence electrons. The standard InChI is InChI=1S/C54H29N5O/c1-3-15-32-30(13-1)26-28-44-46(32)36-18-6-11-23-43(36)58(44)54-55-48-38-20-8-12-24-45(38)60-52(48)53(56-54)59-49-33-16-4-2-14-31(33)25-27-35(49)40-29-39-34-17-5-9-21-41(34)57-42-22-10-7-19-37(42)47(50(39)57)51(40)59/h1-29H. The molecular formula is C54H29N5O. The van der Waals surface area contributed by atoms with Gasteiger partial charge in [0.2, 0.25) is 5.95 Å². The van der Waals surface area contributed by atoms with Crippen molar-refractivity contribution in [2.24, 2.45) is 0 Å². The highest BCUT2D eigenvalue weighted by Crippen LogP contribution is 2.48. The van der Waals surface area contributed by atoms with Crippen LogP contribution in [0, 0.1) is 0 Å². The third kappa shape index (κ3) is 3.66. The summed E-state index contributed by atoms with van der Waals surface area (Å²) >= 11 is 0. The first-order chi connectivity index (χ1) is 29.8. The molecule has 15 aromatic rings. The molecule has 0 aliphatic heterocycles. The van der Waals surface area contributed by atoms with Crippen molar-refractivity contribution in [3.63, 3.8) is 0 Å². The molecule has 9 aromatic carbocycles. The zero-order valence-electron chi connectivity index (χ0n) is 31.9. The lowest BCUT2D eigenvalue weighted by Crippen LogP contribution is -2.07. The zero-order chi connectivity index (χ0) is 38.8. The van der Waals surface area contributed by atoms with E-state index in [0.717, 1.165) is 60.1 Å². The molecule has 0 spiro atoms. The molecule has 0 aliphatic rings. The van der Waals surface area contributed by atoms with Crippen LogP contribution >= 0.6 is 0 Å². The maximum Gasteiger partial charge on any atom is 0.237 e. The van der Waals surface area contributed by atoms with Gasteiger partial charge in [-0.25, -0.2) is 4.98 Å². The SMILES string of the molecule is c1ccc2c(c1)ccc1c2c2ccccc2n1-c1nc(-n2c3c4ccccc4ccc3c3cc4c5ccccc5n5c6ccccc6c(c32)c45)c2oc3ccccc3c2n1. The monoisotopic (exact) mass is 763 g/mol. The van der Waals surface area contributed by atoms with Crippen molar-refractivity contribution in [3.05, 3.63) is 176 Å². The highest BCUT2D eigenvalue weighted by Gasteiger charge is 2.29. The number of para-hydroxylation sites is 4. The number of rotatable bonds is 2. The van der Waals surface area contributed by atoms with Crippen molar-refractivity contribution in [2.75, 3.05) is 0 Å². The Morgan fingerprint density at radius 2 is 0.967 bits per heavy atom. The number of fused-ring (bicyclic) bond motifs is 20. The fourth-order valence-electron chi connectivity index (χ4n) is 10.7. The Labute approximate surface area is 339 Å². The van der Waals surface area contributed by atoms with Crippen LogP contribution in [0.2, 0.25) is 0 Å². The van der Waals surface area contributed by atoms with Gasteiger partial charge in [0.1, 0.15) is 11.1 Å². The number of furan rings is 1. The van der Waals surface area contributed by atoms with Crippen LogP contribution in [-0.4, -0.2) is 23.5 Å². The van der Waals surface area contributed by atoms with Crippen molar-refractivity contribution in [3.8, 4) is 11.8 Å². The van der Waals surface area contributed by atoms with Gasteiger partial charge >= 0.3 is 0 Å². The first-order valence-electron chi connectivity index (χ1n) is 20.4. The Kier molecular flexibility index (Phi) is 5.57. The summed E-state index contributed by atoms with van der Waals surface area (Å²) in [7, 11) is 0. The van der Waals surface area contributed by atoms with Crippen LogP contribution < -0.4 is 0 Å². The van der Waals surface area contributed by atoms with Gasteiger partial charge in [0.25, 0.3) is 0 Å². The van der Waals surface area contributed by atoms with E-state index in [-0.39, 0.29) is 0 Å². The van der Waals surface area contributed by atoms with Gasteiger partial charge in [0, 0.05) is 53.9 Å². The van der Waals surface area contributed by atoms with Gasteiger partial charge in [-0.2, -0.15) is 4.98 Å². The average Bonchev–Trinajstić information content (AvgIpc) is 4.10. The molecule has 6 aromatic heterocycles. The molecule has 0 bridgehead atoms. The quantitative estimate of drug-likeness (QED) is 0.176. The minimum Gasteiger partial charge on any atom is -0.450 e. The minimum atomic E-state index is 0.591. The van der Waals surface area contributed by atoms with Crippen molar-refractivity contribution in [2.45, 2.75) is 0 Å². The lowest BCUT2D eigenvalue weighted by molar-refractivity contribution is 0.661. The van der Waals surface area contributed by atoms with Gasteiger partial charge in [0.15, 0.2) is 11.4 Å². The van der Waals surface area contributed by atoms with E-state index in [1.165, 1.54) is 59.6 Å². The normalized spacial score (nSPS) is 12.7. The topological polar surface area (TPSA) is 53.2 Å². The van der Waals surface area contributed by atoms with Gasteiger partial charge in [-0.05, 0) is 58.6 Å². The molecule has 0 amide bonds. The van der Waals surface area contributed by atoms with E-state index in [1.807, 2.05) is 12.1 Å². The average molecular weight is 764 g/mol. The summed E-state index contributed by atoms with van der Waals surface area (Å²) in [6.07, 6.45) is 0. The molecule has 60 heavy (non-hydrogen) atoms. The Hall–Kier alpha value is -8.22. The highest BCUT2D eigenvalue weighted by molar-refractivity contribution is 6.35. The lowest BCUT2D eigenvalue weighted by Gasteiger charge is -2.13. The van der Waals surface area contributed by atoms with E-state index in [2.05, 4.69) is 177 Å². The summed E-state index contributed by atoms with van der Waals surface area (Å²) in [5.74, 6) is 1.30. The second-order valence-electron chi connectivity index (χ2n) is 16.1. The van der Waals surface area contributed by atoms with Crippen molar-refractivity contribution < 1.29 is 4.42 Å². The Morgan fingerprint density at radius 3 is 1.78 bits per heavy atom. The van der Waals surface area contributed by atoms with Crippen LogP contribution in [0.1, 0.15) is 0 Å². The van der Waals surface area contributed by atoms with Crippen LogP contribution in [-0.2, 0) is 0 Å². The van der Waals surface area contributed by atoms with Gasteiger partial charge in [0.05, 0.1) is 38.6 Å². The predicted octanol–water partition coefficient (Wildman–Crippen LogP) is 14.0. The lowest BCUT2D eigenvalue weighted by atomic mass is 10.0. The summed E-state index contributed by atoms with van der Waals surface area (Å²) in [6.45, 7) is 0. The van der Waals surface area contributed by atoms with E-state index in [4.69, 9.17) is 14.4 Å². The van der Waals surface area contributed by atoms with Crippen LogP contribution in [0.25, 0.3) is 137 Å². The summed E-state index contributed by atoms with van der Waals surface area (Å²) < 4.78 is 14.1. The fraction of sp³-hybridized carbons (Fsp3) is 0. The van der Waals surface area contributed by atoms with Crippen molar-refractivity contribution >= 4 is 125 Å². The van der Waals surface area contributed by atoms with Crippen LogP contribution in [0.3, 0.4) is 0 Å². The molecular weight excluding hydrogens is 735 g/mol. The number of hydrogen-bond acceptors (Lipinski definition) is 3. The number of nitrogens with zero attached hydrogens (tertiary/aromatic N) is 5. The van der Waals surface area contributed by atoms with Gasteiger partial charge in [-0.1, -0.05) is 133 Å². The highest BCUT2D eigenvalue weighted by atomic mass is 16.3. The molecule has 0 unspecified atom stereocenters. The van der Waals surface area contributed by atoms with Crippen molar-refractivity contribution in [1.82, 2.24) is 23.5 Å². The Balaban J connectivity index is 1.21. The van der Waals surface area contributed by atoms with E-state index >= 15 is 0 Å².